The summed E-state index contributed by atoms with van der Waals surface area (Å²) < 4.78 is 6.17. The smallest absolute Gasteiger partial charge is 0.223 e. The van der Waals surface area contributed by atoms with Crippen molar-refractivity contribution in [1.82, 2.24) is 20.0 Å². The molecule has 3 heterocycles. The largest absolute Gasteiger partial charge is 0.493 e. The fourth-order valence-corrected chi connectivity index (χ4v) is 5.48. The van der Waals surface area contributed by atoms with E-state index in [9.17, 15) is 9.59 Å². The lowest BCUT2D eigenvalue weighted by Gasteiger charge is -2.42. The van der Waals surface area contributed by atoms with Crippen LogP contribution in [0.1, 0.15) is 61.9 Å². The van der Waals surface area contributed by atoms with Gasteiger partial charge < -0.3 is 14.5 Å². The van der Waals surface area contributed by atoms with Gasteiger partial charge in [-0.25, -0.2) is 0 Å². The van der Waals surface area contributed by atoms with Crippen molar-refractivity contribution in [3.8, 4) is 5.75 Å². The first-order valence-corrected chi connectivity index (χ1v) is 13.2. The molecular weight excluding hydrogens is 464 g/mol. The highest BCUT2D eigenvalue weighted by molar-refractivity contribution is 6.30. The summed E-state index contributed by atoms with van der Waals surface area (Å²) in [4.78, 5) is 30.2. The maximum Gasteiger partial charge on any atom is 0.223 e. The Kier molecular flexibility index (Phi) is 8.37. The number of aryl methyl sites for hydroxylation is 2. The van der Waals surface area contributed by atoms with Crippen LogP contribution in [0.4, 0.5) is 0 Å². The van der Waals surface area contributed by atoms with Gasteiger partial charge in [-0.1, -0.05) is 17.7 Å². The fourth-order valence-electron chi connectivity index (χ4n) is 5.30. The Morgan fingerprint density at radius 3 is 2.43 bits per heavy atom. The van der Waals surface area contributed by atoms with Crippen molar-refractivity contribution < 1.29 is 14.3 Å². The molecule has 2 aromatic rings. The SMILES string of the molecule is Cc1n[nH]c(C)c1CCC(=O)N1CCC(COc2cccc(Cl)c2)(CC(=O)N2CCCCC2)CC1. The Morgan fingerprint density at radius 1 is 1.06 bits per heavy atom. The highest BCUT2D eigenvalue weighted by Gasteiger charge is 2.39. The molecule has 2 saturated heterocycles. The molecule has 1 aromatic heterocycles. The van der Waals surface area contributed by atoms with Gasteiger partial charge in [0.1, 0.15) is 5.75 Å². The van der Waals surface area contributed by atoms with Gasteiger partial charge in [-0.15, -0.1) is 0 Å². The maximum absolute atomic E-state index is 13.2. The highest BCUT2D eigenvalue weighted by Crippen LogP contribution is 2.37. The number of carbonyl (C=O) groups is 2. The monoisotopic (exact) mass is 500 g/mol. The van der Waals surface area contributed by atoms with E-state index in [1.165, 1.54) is 6.42 Å². The Hall–Kier alpha value is -2.54. The second kappa shape index (κ2) is 11.5. The zero-order chi connectivity index (χ0) is 24.8. The van der Waals surface area contributed by atoms with Gasteiger partial charge in [-0.05, 0) is 76.1 Å². The molecule has 2 aliphatic heterocycles. The number of aromatic nitrogens is 2. The molecule has 190 valence electrons. The van der Waals surface area contributed by atoms with Crippen molar-refractivity contribution in [2.24, 2.45) is 5.41 Å². The van der Waals surface area contributed by atoms with E-state index in [0.29, 0.717) is 49.7 Å². The number of carbonyl (C=O) groups excluding carboxylic acids is 2. The molecule has 4 rings (SSSR count). The minimum absolute atomic E-state index is 0.164. The van der Waals surface area contributed by atoms with E-state index in [0.717, 1.165) is 55.7 Å². The first-order valence-electron chi connectivity index (χ1n) is 12.8. The van der Waals surface area contributed by atoms with E-state index in [4.69, 9.17) is 16.3 Å². The lowest BCUT2D eigenvalue weighted by atomic mass is 9.75. The van der Waals surface area contributed by atoms with Crippen LogP contribution in [-0.2, 0) is 16.0 Å². The summed E-state index contributed by atoms with van der Waals surface area (Å²) in [7, 11) is 0. The summed E-state index contributed by atoms with van der Waals surface area (Å²) in [5, 5.41) is 7.86. The standard InChI is InChI=1S/C27H37ClN4O3/c1-20-24(21(2)30-29-20)9-10-25(33)32-15-11-27(12-16-32,18-26(34)31-13-4-3-5-14-31)19-35-23-8-6-7-22(28)17-23/h6-8,17H,3-5,9-16,18-19H2,1-2H3,(H,29,30). The number of piperidine rings is 2. The first kappa shape index (κ1) is 25.5. The molecule has 0 unspecified atom stereocenters. The molecular formula is C27H37ClN4O3. The molecule has 0 bridgehead atoms. The topological polar surface area (TPSA) is 78.5 Å². The van der Waals surface area contributed by atoms with E-state index in [-0.39, 0.29) is 17.2 Å². The van der Waals surface area contributed by atoms with E-state index in [2.05, 4.69) is 10.2 Å². The van der Waals surface area contributed by atoms with Gasteiger partial charge in [0.25, 0.3) is 0 Å². The Bertz CT molecular complexity index is 1000. The van der Waals surface area contributed by atoms with Crippen LogP contribution in [0, 0.1) is 19.3 Å². The van der Waals surface area contributed by atoms with Crippen LogP contribution in [-0.4, -0.2) is 64.6 Å². The number of benzene rings is 1. The normalized spacial score (nSPS) is 17.9. The van der Waals surface area contributed by atoms with Crippen molar-refractivity contribution in [1.29, 1.82) is 0 Å². The van der Waals surface area contributed by atoms with Gasteiger partial charge in [-0.3, -0.25) is 14.7 Å². The number of rotatable bonds is 8. The lowest BCUT2D eigenvalue weighted by molar-refractivity contribution is -0.138. The van der Waals surface area contributed by atoms with Crippen LogP contribution < -0.4 is 4.74 Å². The molecule has 1 N–H and O–H groups in total. The van der Waals surface area contributed by atoms with Crippen LogP contribution in [0.3, 0.4) is 0 Å². The third-order valence-corrected chi connectivity index (χ3v) is 7.86. The molecule has 0 aliphatic carbocycles. The van der Waals surface area contributed by atoms with Crippen molar-refractivity contribution >= 4 is 23.4 Å². The number of ether oxygens (including phenoxy) is 1. The second-order valence-electron chi connectivity index (χ2n) is 10.2. The van der Waals surface area contributed by atoms with Crippen LogP contribution in [0.2, 0.25) is 5.02 Å². The van der Waals surface area contributed by atoms with Crippen molar-refractivity contribution in [3.05, 3.63) is 46.2 Å². The molecule has 2 aliphatic rings. The van der Waals surface area contributed by atoms with Crippen LogP contribution in [0.25, 0.3) is 0 Å². The molecule has 2 amide bonds. The van der Waals surface area contributed by atoms with Gasteiger partial charge >= 0.3 is 0 Å². The summed E-state index contributed by atoms with van der Waals surface area (Å²) in [6, 6.07) is 7.39. The quantitative estimate of drug-likeness (QED) is 0.569. The van der Waals surface area contributed by atoms with E-state index >= 15 is 0 Å². The molecule has 35 heavy (non-hydrogen) atoms. The van der Waals surface area contributed by atoms with Crippen LogP contribution in [0.15, 0.2) is 24.3 Å². The number of H-pyrrole nitrogens is 1. The van der Waals surface area contributed by atoms with E-state index in [1.54, 1.807) is 6.07 Å². The van der Waals surface area contributed by atoms with E-state index < -0.39 is 0 Å². The van der Waals surface area contributed by atoms with Gasteiger partial charge in [0.2, 0.25) is 11.8 Å². The Balaban J connectivity index is 1.38. The zero-order valence-electron chi connectivity index (χ0n) is 20.9. The first-order chi connectivity index (χ1) is 16.8. The van der Waals surface area contributed by atoms with Crippen LogP contribution >= 0.6 is 11.6 Å². The number of hydrogen-bond acceptors (Lipinski definition) is 4. The molecule has 0 atom stereocenters. The second-order valence-corrected chi connectivity index (χ2v) is 10.6. The summed E-state index contributed by atoms with van der Waals surface area (Å²) in [5.74, 6) is 1.09. The number of halogens is 1. The summed E-state index contributed by atoms with van der Waals surface area (Å²) in [6.07, 6.45) is 6.49. The fraction of sp³-hybridized carbons (Fsp3) is 0.593. The van der Waals surface area contributed by atoms with Crippen molar-refractivity contribution in [2.75, 3.05) is 32.8 Å². The van der Waals surface area contributed by atoms with E-state index in [1.807, 2.05) is 41.8 Å². The molecule has 8 heteroatoms. The van der Waals surface area contributed by atoms with Crippen molar-refractivity contribution in [2.45, 2.75) is 65.2 Å². The predicted octanol–water partition coefficient (Wildman–Crippen LogP) is 4.70. The Labute approximate surface area is 213 Å². The van der Waals surface area contributed by atoms with Gasteiger partial charge in [0.05, 0.1) is 12.3 Å². The number of likely N-dealkylation sites (tertiary alicyclic amines) is 2. The summed E-state index contributed by atoms with van der Waals surface area (Å²) in [5.41, 5.74) is 2.84. The number of amides is 2. The maximum atomic E-state index is 13.2. The number of aromatic amines is 1. The predicted molar refractivity (Wildman–Crippen MR) is 137 cm³/mol. The Morgan fingerprint density at radius 2 is 1.77 bits per heavy atom. The van der Waals surface area contributed by atoms with Gasteiger partial charge in [0, 0.05) is 55.2 Å². The average Bonchev–Trinajstić information content (AvgIpc) is 3.19. The van der Waals surface area contributed by atoms with Crippen molar-refractivity contribution in [3.63, 3.8) is 0 Å². The van der Waals surface area contributed by atoms with Gasteiger partial charge in [-0.2, -0.15) is 5.10 Å². The third-order valence-electron chi connectivity index (χ3n) is 7.62. The molecule has 0 radical (unpaired) electrons. The third kappa shape index (κ3) is 6.57. The average molecular weight is 501 g/mol. The number of nitrogens with zero attached hydrogens (tertiary/aromatic N) is 3. The minimum Gasteiger partial charge on any atom is -0.493 e. The zero-order valence-corrected chi connectivity index (χ0v) is 21.7. The number of hydrogen-bond donors (Lipinski definition) is 1. The molecule has 0 spiro atoms. The highest BCUT2D eigenvalue weighted by atomic mass is 35.5. The lowest BCUT2D eigenvalue weighted by Crippen LogP contribution is -2.48. The molecule has 0 saturated carbocycles. The molecule has 2 fully saturated rings. The minimum atomic E-state index is -0.286. The van der Waals surface area contributed by atoms with Gasteiger partial charge in [0.15, 0.2) is 0 Å². The number of nitrogens with one attached hydrogen (secondary N) is 1. The molecule has 7 nitrogen and oxygen atoms in total. The summed E-state index contributed by atoms with van der Waals surface area (Å²) >= 11 is 6.14. The molecule has 1 aromatic carbocycles. The van der Waals surface area contributed by atoms with Crippen LogP contribution in [0.5, 0.6) is 5.75 Å². The summed E-state index contributed by atoms with van der Waals surface area (Å²) in [6.45, 7) is 7.40.